The minimum atomic E-state index is 0.0700. The van der Waals surface area contributed by atoms with Gasteiger partial charge in [-0.2, -0.15) is 0 Å². The van der Waals surface area contributed by atoms with Crippen molar-refractivity contribution < 1.29 is 14.3 Å². The molecule has 0 radical (unpaired) electrons. The SMILES string of the molecule is O=C(COc1ccccc1)N1CCN(CC2CCCO2)CC1. The van der Waals surface area contributed by atoms with Gasteiger partial charge in [-0.25, -0.2) is 0 Å². The zero-order valence-corrected chi connectivity index (χ0v) is 12.9. The standard InChI is InChI=1S/C17H24N2O3/c20-17(14-22-15-5-2-1-3-6-15)19-10-8-18(9-11-19)13-16-7-4-12-21-16/h1-3,5-6,16H,4,7-14H2. The van der Waals surface area contributed by atoms with Gasteiger partial charge in [-0.15, -0.1) is 0 Å². The summed E-state index contributed by atoms with van der Waals surface area (Å²) in [7, 11) is 0. The Morgan fingerprint density at radius 1 is 1.18 bits per heavy atom. The fourth-order valence-corrected chi connectivity index (χ4v) is 3.01. The van der Waals surface area contributed by atoms with Crippen LogP contribution in [0.2, 0.25) is 0 Å². The van der Waals surface area contributed by atoms with E-state index in [2.05, 4.69) is 4.90 Å². The minimum absolute atomic E-state index is 0.0700. The Morgan fingerprint density at radius 2 is 1.95 bits per heavy atom. The zero-order chi connectivity index (χ0) is 15.2. The van der Waals surface area contributed by atoms with Crippen molar-refractivity contribution >= 4 is 5.91 Å². The molecule has 2 heterocycles. The predicted molar refractivity (Wildman–Crippen MR) is 83.9 cm³/mol. The number of piperazine rings is 1. The smallest absolute Gasteiger partial charge is 0.260 e. The number of hydrogen-bond acceptors (Lipinski definition) is 4. The molecule has 0 N–H and O–H groups in total. The van der Waals surface area contributed by atoms with Crippen molar-refractivity contribution in [3.8, 4) is 5.75 Å². The molecule has 0 saturated carbocycles. The lowest BCUT2D eigenvalue weighted by Crippen LogP contribution is -2.51. The van der Waals surface area contributed by atoms with Crippen LogP contribution in [0, 0.1) is 0 Å². The molecule has 120 valence electrons. The van der Waals surface area contributed by atoms with Crippen molar-refractivity contribution in [1.29, 1.82) is 0 Å². The summed E-state index contributed by atoms with van der Waals surface area (Å²) < 4.78 is 11.2. The fourth-order valence-electron chi connectivity index (χ4n) is 3.01. The van der Waals surface area contributed by atoms with Crippen molar-refractivity contribution in [2.75, 3.05) is 45.9 Å². The van der Waals surface area contributed by atoms with E-state index in [9.17, 15) is 4.79 Å². The average molecular weight is 304 g/mol. The van der Waals surface area contributed by atoms with Gasteiger partial charge < -0.3 is 14.4 Å². The highest BCUT2D eigenvalue weighted by Crippen LogP contribution is 2.15. The highest BCUT2D eigenvalue weighted by Gasteiger charge is 2.24. The van der Waals surface area contributed by atoms with Crippen LogP contribution in [0.5, 0.6) is 5.75 Å². The first-order chi connectivity index (χ1) is 10.8. The van der Waals surface area contributed by atoms with Crippen molar-refractivity contribution in [2.24, 2.45) is 0 Å². The largest absolute Gasteiger partial charge is 0.484 e. The molecule has 1 amide bonds. The maximum Gasteiger partial charge on any atom is 0.260 e. The molecule has 5 heteroatoms. The number of carbonyl (C=O) groups excluding carboxylic acids is 1. The van der Waals surface area contributed by atoms with Gasteiger partial charge in [0.15, 0.2) is 6.61 Å². The van der Waals surface area contributed by atoms with Crippen LogP contribution in [0.4, 0.5) is 0 Å². The lowest BCUT2D eigenvalue weighted by atomic mass is 10.2. The van der Waals surface area contributed by atoms with Gasteiger partial charge >= 0.3 is 0 Å². The van der Waals surface area contributed by atoms with Crippen LogP contribution < -0.4 is 4.74 Å². The molecule has 5 nitrogen and oxygen atoms in total. The first-order valence-electron chi connectivity index (χ1n) is 8.11. The summed E-state index contributed by atoms with van der Waals surface area (Å²) >= 11 is 0. The summed E-state index contributed by atoms with van der Waals surface area (Å²) in [5, 5.41) is 0. The van der Waals surface area contributed by atoms with Gasteiger partial charge in [-0.1, -0.05) is 18.2 Å². The lowest BCUT2D eigenvalue weighted by Gasteiger charge is -2.35. The van der Waals surface area contributed by atoms with Gasteiger partial charge in [-0.05, 0) is 25.0 Å². The molecule has 0 spiro atoms. The summed E-state index contributed by atoms with van der Waals surface area (Å²) in [4.78, 5) is 16.5. The Morgan fingerprint density at radius 3 is 2.64 bits per heavy atom. The van der Waals surface area contributed by atoms with Gasteiger partial charge in [0.25, 0.3) is 5.91 Å². The Labute approximate surface area is 131 Å². The Balaban J connectivity index is 1.38. The predicted octanol–water partition coefficient (Wildman–Crippen LogP) is 1.39. The normalized spacial score (nSPS) is 22.7. The van der Waals surface area contributed by atoms with E-state index in [0.29, 0.717) is 6.10 Å². The van der Waals surface area contributed by atoms with Crippen LogP contribution in [0.1, 0.15) is 12.8 Å². The highest BCUT2D eigenvalue weighted by molar-refractivity contribution is 5.77. The van der Waals surface area contributed by atoms with Crippen LogP contribution in [-0.2, 0) is 9.53 Å². The number of nitrogens with zero attached hydrogens (tertiary/aromatic N) is 2. The van der Waals surface area contributed by atoms with Crippen molar-refractivity contribution in [3.63, 3.8) is 0 Å². The molecule has 0 aliphatic carbocycles. The minimum Gasteiger partial charge on any atom is -0.484 e. The number of hydrogen-bond donors (Lipinski definition) is 0. The molecule has 2 aliphatic rings. The van der Waals surface area contributed by atoms with Crippen molar-refractivity contribution in [2.45, 2.75) is 18.9 Å². The lowest BCUT2D eigenvalue weighted by molar-refractivity contribution is -0.135. The molecular weight excluding hydrogens is 280 g/mol. The second kappa shape index (κ2) is 7.61. The average Bonchev–Trinajstić information content (AvgIpc) is 3.07. The maximum atomic E-state index is 12.2. The second-order valence-corrected chi connectivity index (χ2v) is 5.92. The number of benzene rings is 1. The zero-order valence-electron chi connectivity index (χ0n) is 12.9. The number of rotatable bonds is 5. The summed E-state index contributed by atoms with van der Waals surface area (Å²) in [6, 6.07) is 9.48. The van der Waals surface area contributed by atoms with Crippen LogP contribution in [0.15, 0.2) is 30.3 Å². The highest BCUT2D eigenvalue weighted by atomic mass is 16.5. The summed E-state index contributed by atoms with van der Waals surface area (Å²) in [5.74, 6) is 0.813. The number of amides is 1. The molecule has 2 saturated heterocycles. The Hall–Kier alpha value is -1.59. The van der Waals surface area contributed by atoms with E-state index in [1.165, 1.54) is 12.8 Å². The van der Waals surface area contributed by atoms with Crippen LogP contribution in [-0.4, -0.2) is 67.7 Å². The van der Waals surface area contributed by atoms with E-state index >= 15 is 0 Å². The molecule has 2 aliphatic heterocycles. The molecule has 0 bridgehead atoms. The van der Waals surface area contributed by atoms with Crippen LogP contribution in [0.3, 0.4) is 0 Å². The van der Waals surface area contributed by atoms with Gasteiger partial charge in [-0.3, -0.25) is 9.69 Å². The van der Waals surface area contributed by atoms with E-state index in [-0.39, 0.29) is 12.5 Å². The molecule has 1 unspecified atom stereocenters. The maximum absolute atomic E-state index is 12.2. The first-order valence-corrected chi connectivity index (χ1v) is 8.11. The molecule has 2 fully saturated rings. The Bertz CT molecular complexity index is 466. The molecule has 1 aromatic carbocycles. The molecular formula is C17H24N2O3. The Kier molecular flexibility index (Phi) is 5.29. The number of ether oxygens (including phenoxy) is 2. The number of carbonyl (C=O) groups is 1. The molecule has 3 rings (SSSR count). The fraction of sp³-hybridized carbons (Fsp3) is 0.588. The van der Waals surface area contributed by atoms with E-state index in [0.717, 1.165) is 45.1 Å². The first kappa shape index (κ1) is 15.3. The molecule has 0 aromatic heterocycles. The van der Waals surface area contributed by atoms with E-state index < -0.39 is 0 Å². The van der Waals surface area contributed by atoms with E-state index in [1.807, 2.05) is 35.2 Å². The van der Waals surface area contributed by atoms with Crippen molar-refractivity contribution in [3.05, 3.63) is 30.3 Å². The summed E-state index contributed by atoms with van der Waals surface area (Å²) in [6.45, 7) is 5.44. The summed E-state index contributed by atoms with van der Waals surface area (Å²) in [5.41, 5.74) is 0. The van der Waals surface area contributed by atoms with Gasteiger partial charge in [0.2, 0.25) is 0 Å². The van der Waals surface area contributed by atoms with Crippen LogP contribution in [0.25, 0.3) is 0 Å². The third-order valence-electron chi connectivity index (χ3n) is 4.32. The van der Waals surface area contributed by atoms with Crippen LogP contribution >= 0.6 is 0 Å². The van der Waals surface area contributed by atoms with E-state index in [4.69, 9.17) is 9.47 Å². The topological polar surface area (TPSA) is 42.0 Å². The van der Waals surface area contributed by atoms with Gasteiger partial charge in [0.05, 0.1) is 6.10 Å². The van der Waals surface area contributed by atoms with Gasteiger partial charge in [0.1, 0.15) is 5.75 Å². The molecule has 1 aromatic rings. The molecule has 1 atom stereocenters. The summed E-state index contributed by atoms with van der Waals surface area (Å²) in [6.07, 6.45) is 2.74. The quantitative estimate of drug-likeness (QED) is 0.824. The van der Waals surface area contributed by atoms with Crippen molar-refractivity contribution in [1.82, 2.24) is 9.80 Å². The van der Waals surface area contributed by atoms with E-state index in [1.54, 1.807) is 0 Å². The number of para-hydroxylation sites is 1. The van der Waals surface area contributed by atoms with Gasteiger partial charge in [0, 0.05) is 39.3 Å². The monoisotopic (exact) mass is 304 g/mol. The third kappa shape index (κ3) is 4.21. The molecule has 22 heavy (non-hydrogen) atoms. The second-order valence-electron chi connectivity index (χ2n) is 5.92. The third-order valence-corrected chi connectivity index (χ3v) is 4.32.